The van der Waals surface area contributed by atoms with Crippen LogP contribution in [0.15, 0.2) is 35.8 Å². The first-order valence-electron chi connectivity index (χ1n) is 12.2. The van der Waals surface area contributed by atoms with Crippen molar-refractivity contribution < 1.29 is 9.59 Å². The topological polar surface area (TPSA) is 56.8 Å². The summed E-state index contributed by atoms with van der Waals surface area (Å²) in [7, 11) is 0. The second-order valence-corrected chi connectivity index (χ2v) is 10.8. The van der Waals surface area contributed by atoms with Crippen LogP contribution in [0.3, 0.4) is 0 Å². The molecule has 2 unspecified atom stereocenters. The number of fused-ring (bicyclic) bond motifs is 3. The minimum Gasteiger partial charge on any atom is -0.337 e. The smallest absolute Gasteiger partial charge is 0.223 e. The van der Waals surface area contributed by atoms with E-state index in [0.717, 1.165) is 55.0 Å². The molecule has 2 aliphatic heterocycles. The number of benzene rings is 1. The molecule has 0 N–H and O–H groups in total. The van der Waals surface area contributed by atoms with Crippen LogP contribution in [0, 0.1) is 5.92 Å². The number of nitrogens with zero attached hydrogens (tertiary/aromatic N) is 4. The van der Waals surface area contributed by atoms with E-state index in [1.165, 1.54) is 0 Å². The molecule has 178 valence electrons. The first kappa shape index (κ1) is 23.9. The monoisotopic (exact) mass is 468 g/mol. The lowest BCUT2D eigenvalue weighted by atomic mass is 9.92. The number of thiazole rings is 1. The number of amides is 2. The highest BCUT2D eigenvalue weighted by Gasteiger charge is 2.35. The fourth-order valence-electron chi connectivity index (χ4n) is 5.30. The number of rotatable bonds is 4. The predicted molar refractivity (Wildman–Crippen MR) is 133 cm³/mol. The van der Waals surface area contributed by atoms with Gasteiger partial charge in [0, 0.05) is 62.3 Å². The summed E-state index contributed by atoms with van der Waals surface area (Å²) in [4.78, 5) is 37.2. The number of carbonyl (C=O) groups is 2. The molecular weight excluding hydrogens is 432 g/mol. The second-order valence-electron chi connectivity index (χ2n) is 9.80. The highest BCUT2D eigenvalue weighted by molar-refractivity contribution is 7.09. The summed E-state index contributed by atoms with van der Waals surface area (Å²) in [6.45, 7) is 8.61. The number of para-hydroxylation sites is 1. The van der Waals surface area contributed by atoms with Crippen LogP contribution in [0.4, 0.5) is 5.69 Å². The van der Waals surface area contributed by atoms with Gasteiger partial charge in [0.1, 0.15) is 5.01 Å². The number of anilines is 1. The Morgan fingerprint density at radius 2 is 1.94 bits per heavy atom. The van der Waals surface area contributed by atoms with Crippen molar-refractivity contribution in [1.82, 2.24) is 14.8 Å². The van der Waals surface area contributed by atoms with Crippen LogP contribution < -0.4 is 4.90 Å². The van der Waals surface area contributed by atoms with E-state index in [0.29, 0.717) is 37.5 Å². The van der Waals surface area contributed by atoms with Gasteiger partial charge in [0.2, 0.25) is 11.8 Å². The third kappa shape index (κ3) is 5.82. The van der Waals surface area contributed by atoms with Crippen molar-refractivity contribution in [1.29, 1.82) is 0 Å². The maximum Gasteiger partial charge on any atom is 0.223 e. The van der Waals surface area contributed by atoms with E-state index in [1.807, 2.05) is 39.6 Å². The average Bonchev–Trinajstić information content (AvgIpc) is 3.28. The van der Waals surface area contributed by atoms with Gasteiger partial charge in [0.25, 0.3) is 0 Å². The number of hydrogen-bond donors (Lipinski definition) is 0. The van der Waals surface area contributed by atoms with Gasteiger partial charge >= 0.3 is 0 Å². The normalized spacial score (nSPS) is 22.1. The number of carbonyl (C=O) groups excluding carboxylic acids is 2. The van der Waals surface area contributed by atoms with Crippen molar-refractivity contribution in [3.8, 4) is 0 Å². The van der Waals surface area contributed by atoms with Gasteiger partial charge in [0.05, 0.1) is 6.54 Å². The van der Waals surface area contributed by atoms with Crippen LogP contribution in [0.1, 0.15) is 63.4 Å². The summed E-state index contributed by atoms with van der Waals surface area (Å²) in [5.41, 5.74) is 1.99. The standard InChI is InChI=1S/C26H36N4O2S/c1-19(2)15-26(32)28-16-21-7-4-5-10-24(21)29(20(3)31)13-11-22-8-6-9-23(17-28)30(22)18-25-27-12-14-33-25/h4-5,7,10,12,14,19,22-23H,6,8-9,11,13,15-18H2,1-3H3. The Hall–Kier alpha value is -2.25. The molecule has 1 fully saturated rings. The Morgan fingerprint density at radius 1 is 1.15 bits per heavy atom. The number of piperidine rings is 1. The predicted octanol–water partition coefficient (Wildman–Crippen LogP) is 4.70. The van der Waals surface area contributed by atoms with Gasteiger partial charge in [-0.2, -0.15) is 0 Å². The van der Waals surface area contributed by atoms with E-state index >= 15 is 0 Å². The minimum absolute atomic E-state index is 0.0561. The third-order valence-corrected chi connectivity index (χ3v) is 7.65. The van der Waals surface area contributed by atoms with Crippen LogP contribution >= 0.6 is 11.3 Å². The molecule has 3 heterocycles. The van der Waals surface area contributed by atoms with Crippen LogP contribution in [0.5, 0.6) is 0 Å². The van der Waals surface area contributed by atoms with Crippen molar-refractivity contribution in [3.05, 3.63) is 46.4 Å². The highest BCUT2D eigenvalue weighted by atomic mass is 32.1. The summed E-state index contributed by atoms with van der Waals surface area (Å²) < 4.78 is 0. The van der Waals surface area contributed by atoms with Gasteiger partial charge in [-0.25, -0.2) is 4.98 Å². The largest absolute Gasteiger partial charge is 0.337 e. The number of hydrogen-bond acceptors (Lipinski definition) is 5. The maximum absolute atomic E-state index is 13.4. The van der Waals surface area contributed by atoms with Gasteiger partial charge in [-0.15, -0.1) is 11.3 Å². The Labute approximate surface area is 201 Å². The quantitative estimate of drug-likeness (QED) is 0.653. The first-order valence-corrected chi connectivity index (χ1v) is 13.1. The zero-order valence-electron chi connectivity index (χ0n) is 20.1. The van der Waals surface area contributed by atoms with Gasteiger partial charge in [-0.05, 0) is 36.8 Å². The molecular formula is C26H36N4O2S. The molecule has 2 amide bonds. The van der Waals surface area contributed by atoms with Crippen molar-refractivity contribution in [2.24, 2.45) is 5.92 Å². The Morgan fingerprint density at radius 3 is 2.67 bits per heavy atom. The molecule has 7 heteroatoms. The summed E-state index contributed by atoms with van der Waals surface area (Å²) in [5.74, 6) is 0.565. The van der Waals surface area contributed by atoms with E-state index in [1.54, 1.807) is 18.3 Å². The summed E-state index contributed by atoms with van der Waals surface area (Å²) >= 11 is 1.69. The zero-order chi connectivity index (χ0) is 23.4. The zero-order valence-corrected chi connectivity index (χ0v) is 20.9. The highest BCUT2D eigenvalue weighted by Crippen LogP contribution is 2.32. The van der Waals surface area contributed by atoms with Gasteiger partial charge in [-0.1, -0.05) is 38.5 Å². The lowest BCUT2D eigenvalue weighted by Crippen LogP contribution is -2.52. The molecule has 1 saturated heterocycles. The van der Waals surface area contributed by atoms with E-state index in [9.17, 15) is 9.59 Å². The van der Waals surface area contributed by atoms with Gasteiger partial charge in [-0.3, -0.25) is 14.5 Å². The Bertz CT molecular complexity index is 946. The van der Waals surface area contributed by atoms with Crippen molar-refractivity contribution in [3.63, 3.8) is 0 Å². The average molecular weight is 469 g/mol. The molecule has 0 spiro atoms. The molecule has 2 atom stereocenters. The molecule has 0 radical (unpaired) electrons. The van der Waals surface area contributed by atoms with Crippen molar-refractivity contribution in [2.45, 2.75) is 78.0 Å². The fraction of sp³-hybridized carbons (Fsp3) is 0.577. The molecule has 2 bridgehead atoms. The SMILES string of the molecule is CC(=O)N1CCC2CCCC(CN(C(=O)CC(C)C)Cc3ccccc31)N2Cc1nccs1. The molecule has 0 saturated carbocycles. The fourth-order valence-corrected chi connectivity index (χ4v) is 5.92. The van der Waals surface area contributed by atoms with Crippen molar-refractivity contribution in [2.75, 3.05) is 18.0 Å². The summed E-state index contributed by atoms with van der Waals surface area (Å²) in [6.07, 6.45) is 6.70. The van der Waals surface area contributed by atoms with Gasteiger partial charge < -0.3 is 9.80 Å². The molecule has 33 heavy (non-hydrogen) atoms. The molecule has 2 aliphatic rings. The lowest BCUT2D eigenvalue weighted by Gasteiger charge is -2.44. The Balaban J connectivity index is 1.72. The summed E-state index contributed by atoms with van der Waals surface area (Å²) in [6, 6.07) is 8.77. The van der Waals surface area contributed by atoms with Crippen LogP contribution in [-0.2, 0) is 22.7 Å². The minimum atomic E-state index is 0.0561. The Kier molecular flexibility index (Phi) is 7.81. The van der Waals surface area contributed by atoms with E-state index < -0.39 is 0 Å². The molecule has 1 aromatic carbocycles. The van der Waals surface area contributed by atoms with E-state index in [2.05, 4.69) is 29.8 Å². The second kappa shape index (κ2) is 10.8. The lowest BCUT2D eigenvalue weighted by molar-refractivity contribution is -0.134. The van der Waals surface area contributed by atoms with Crippen molar-refractivity contribution >= 4 is 28.8 Å². The molecule has 4 rings (SSSR count). The van der Waals surface area contributed by atoms with E-state index in [-0.39, 0.29) is 11.8 Å². The molecule has 0 aliphatic carbocycles. The molecule has 1 aromatic heterocycles. The van der Waals surface area contributed by atoms with E-state index in [4.69, 9.17) is 0 Å². The molecule has 6 nitrogen and oxygen atoms in total. The van der Waals surface area contributed by atoms with Crippen LogP contribution in [0.2, 0.25) is 0 Å². The maximum atomic E-state index is 13.4. The summed E-state index contributed by atoms with van der Waals surface area (Å²) in [5, 5.41) is 3.15. The van der Waals surface area contributed by atoms with Crippen LogP contribution in [0.25, 0.3) is 0 Å². The number of aromatic nitrogens is 1. The van der Waals surface area contributed by atoms with Crippen LogP contribution in [-0.4, -0.2) is 51.8 Å². The molecule has 2 aromatic rings. The van der Waals surface area contributed by atoms with Gasteiger partial charge in [0.15, 0.2) is 0 Å². The third-order valence-electron chi connectivity index (χ3n) is 6.89. The first-order chi connectivity index (χ1) is 15.9.